The summed E-state index contributed by atoms with van der Waals surface area (Å²) >= 11 is 0. The molecule has 0 saturated heterocycles. The highest BCUT2D eigenvalue weighted by Gasteiger charge is 2.11. The summed E-state index contributed by atoms with van der Waals surface area (Å²) in [6.45, 7) is 1.46. The van der Waals surface area contributed by atoms with Crippen LogP contribution in [0.3, 0.4) is 0 Å². The highest BCUT2D eigenvalue weighted by atomic mass is 16.1. The monoisotopic (exact) mass is 264 g/mol. The van der Waals surface area contributed by atoms with Gasteiger partial charge < -0.3 is 9.72 Å². The fraction of sp³-hybridized carbons (Fsp3) is 0.0714. The molecule has 5 nitrogen and oxygen atoms in total. The summed E-state index contributed by atoms with van der Waals surface area (Å²) in [5.74, 6) is 0.317. The minimum atomic E-state index is -0.162. The Morgan fingerprint density at radius 1 is 1.30 bits per heavy atom. The molecule has 0 aliphatic carbocycles. The van der Waals surface area contributed by atoms with Crippen molar-refractivity contribution in [1.29, 1.82) is 0 Å². The highest BCUT2D eigenvalue weighted by molar-refractivity contribution is 6.31. The molecule has 0 spiro atoms. The number of hydrogen-bond acceptors (Lipinski definition) is 3. The molecule has 0 unspecified atom stereocenters. The molecule has 2 heterocycles. The molecule has 1 amide bonds. The molecule has 3 aromatic rings. The van der Waals surface area contributed by atoms with Gasteiger partial charge in [-0.2, -0.15) is 0 Å². The Kier molecular flexibility index (Phi) is 2.98. The van der Waals surface area contributed by atoms with E-state index < -0.39 is 0 Å². The Morgan fingerprint density at radius 2 is 2.05 bits per heavy atom. The van der Waals surface area contributed by atoms with Gasteiger partial charge in [0.05, 0.1) is 5.69 Å². The third-order valence-electron chi connectivity index (χ3n) is 3.04. The predicted molar refractivity (Wildman–Crippen MR) is 80.9 cm³/mol. The molecule has 0 bridgehead atoms. The topological polar surface area (TPSA) is 59.3 Å². The van der Waals surface area contributed by atoms with Crippen LogP contribution in [0.5, 0.6) is 0 Å². The van der Waals surface area contributed by atoms with Crippen LogP contribution in [0.15, 0.2) is 42.7 Å². The number of nitrogens with zero attached hydrogens (tertiary/aromatic N) is 3. The van der Waals surface area contributed by atoms with Gasteiger partial charge in [0.25, 0.3) is 0 Å². The van der Waals surface area contributed by atoms with E-state index in [-0.39, 0.29) is 5.91 Å². The minimum absolute atomic E-state index is 0.162. The molecular formula is C14H13BN4O. The number of carbonyl (C=O) groups is 1. The average molecular weight is 264 g/mol. The number of amides is 1. The Morgan fingerprint density at radius 3 is 2.75 bits per heavy atom. The number of carbonyl (C=O) groups excluding carboxylic acids is 1. The number of aromatic nitrogens is 3. The maximum Gasteiger partial charge on any atom is 0.222 e. The molecule has 20 heavy (non-hydrogen) atoms. The van der Waals surface area contributed by atoms with E-state index in [1.165, 1.54) is 6.92 Å². The van der Waals surface area contributed by atoms with Crippen LogP contribution in [-0.2, 0) is 4.79 Å². The molecule has 0 fully saturated rings. The Bertz CT molecular complexity index is 782. The SMILES string of the molecule is Bc1cnc2c(NC(C)=O)nc(-c3ccccc3)cn12. The number of fused-ring (bicyclic) bond motifs is 1. The lowest BCUT2D eigenvalue weighted by atomic mass is 10.1. The second-order valence-electron chi connectivity index (χ2n) is 4.62. The molecule has 0 saturated carbocycles. The molecule has 6 heteroatoms. The lowest BCUT2D eigenvalue weighted by Crippen LogP contribution is -2.14. The van der Waals surface area contributed by atoms with Crippen molar-refractivity contribution < 1.29 is 4.79 Å². The van der Waals surface area contributed by atoms with E-state index in [1.54, 1.807) is 6.20 Å². The first-order valence-electron chi connectivity index (χ1n) is 6.33. The fourth-order valence-electron chi connectivity index (χ4n) is 2.10. The van der Waals surface area contributed by atoms with Gasteiger partial charge in [0.1, 0.15) is 0 Å². The van der Waals surface area contributed by atoms with E-state index in [0.717, 1.165) is 16.9 Å². The third kappa shape index (κ3) is 2.16. The molecule has 0 aliphatic heterocycles. The summed E-state index contributed by atoms with van der Waals surface area (Å²) in [5, 5.41) is 2.74. The van der Waals surface area contributed by atoms with Crippen molar-refractivity contribution in [2.45, 2.75) is 6.92 Å². The predicted octanol–water partition coefficient (Wildman–Crippen LogP) is 0.613. The zero-order valence-corrected chi connectivity index (χ0v) is 11.3. The zero-order chi connectivity index (χ0) is 14.1. The molecule has 98 valence electrons. The molecule has 1 N–H and O–H groups in total. The molecule has 1 aromatic carbocycles. The van der Waals surface area contributed by atoms with Crippen molar-refractivity contribution in [3.63, 3.8) is 0 Å². The number of rotatable bonds is 2. The van der Waals surface area contributed by atoms with Gasteiger partial charge in [-0.25, -0.2) is 9.97 Å². The van der Waals surface area contributed by atoms with Crippen LogP contribution in [-0.4, -0.2) is 28.1 Å². The number of anilines is 1. The summed E-state index contributed by atoms with van der Waals surface area (Å²) in [6.07, 6.45) is 3.69. The van der Waals surface area contributed by atoms with Crippen molar-refractivity contribution in [2.24, 2.45) is 0 Å². The van der Waals surface area contributed by atoms with Crippen molar-refractivity contribution in [2.75, 3.05) is 5.32 Å². The first-order chi connectivity index (χ1) is 9.65. The van der Waals surface area contributed by atoms with Crippen LogP contribution in [0.1, 0.15) is 6.92 Å². The Labute approximate surface area is 117 Å². The number of nitrogens with one attached hydrogen (secondary N) is 1. The molecule has 0 radical (unpaired) electrons. The molecule has 0 atom stereocenters. The largest absolute Gasteiger partial charge is 0.309 e. The molecule has 3 rings (SSSR count). The van der Waals surface area contributed by atoms with Crippen molar-refractivity contribution >= 4 is 30.8 Å². The number of hydrogen-bond donors (Lipinski definition) is 1. The van der Waals surface area contributed by atoms with Gasteiger partial charge >= 0.3 is 0 Å². The van der Waals surface area contributed by atoms with Gasteiger partial charge in [-0.1, -0.05) is 30.3 Å². The summed E-state index contributed by atoms with van der Waals surface area (Å²) in [6, 6.07) is 9.84. The third-order valence-corrected chi connectivity index (χ3v) is 3.04. The standard InChI is InChI=1S/C14H13BN4O/c1-9(20)17-13-14-16-7-12(15)19(14)8-11(18-13)10-5-3-2-4-6-10/h2-8H,15H2,1H3,(H,17,18,20). The van der Waals surface area contributed by atoms with Crippen LogP contribution in [0.25, 0.3) is 16.9 Å². The summed E-state index contributed by atoms with van der Waals surface area (Å²) in [5.41, 5.74) is 3.43. The summed E-state index contributed by atoms with van der Waals surface area (Å²) < 4.78 is 1.93. The van der Waals surface area contributed by atoms with E-state index in [9.17, 15) is 4.79 Å². The van der Waals surface area contributed by atoms with Crippen LogP contribution in [0, 0.1) is 0 Å². The molecular weight excluding hydrogens is 251 g/mol. The smallest absolute Gasteiger partial charge is 0.222 e. The van der Waals surface area contributed by atoms with Crippen LogP contribution >= 0.6 is 0 Å². The average Bonchev–Trinajstić information content (AvgIpc) is 2.81. The van der Waals surface area contributed by atoms with E-state index in [0.29, 0.717) is 11.5 Å². The van der Waals surface area contributed by atoms with Gasteiger partial charge in [0.2, 0.25) is 5.91 Å². The highest BCUT2D eigenvalue weighted by Crippen LogP contribution is 2.21. The Hall–Kier alpha value is -2.63. The zero-order valence-electron chi connectivity index (χ0n) is 11.3. The van der Waals surface area contributed by atoms with Gasteiger partial charge in [-0.05, 0) is 5.59 Å². The maximum absolute atomic E-state index is 11.3. The first kappa shape index (κ1) is 12.4. The second-order valence-corrected chi connectivity index (χ2v) is 4.62. The van der Waals surface area contributed by atoms with Gasteiger partial charge in [-0.15, -0.1) is 0 Å². The lowest BCUT2D eigenvalue weighted by molar-refractivity contribution is -0.114. The van der Waals surface area contributed by atoms with Crippen molar-refractivity contribution in [3.05, 3.63) is 42.7 Å². The summed E-state index contributed by atoms with van der Waals surface area (Å²) in [7, 11) is 1.96. The fourth-order valence-corrected chi connectivity index (χ4v) is 2.10. The normalized spacial score (nSPS) is 10.7. The van der Waals surface area contributed by atoms with Crippen molar-refractivity contribution in [1.82, 2.24) is 14.4 Å². The molecule has 2 aromatic heterocycles. The quantitative estimate of drug-likeness (QED) is 0.690. The van der Waals surface area contributed by atoms with Crippen molar-refractivity contribution in [3.8, 4) is 11.3 Å². The van der Waals surface area contributed by atoms with E-state index in [4.69, 9.17) is 0 Å². The van der Waals surface area contributed by atoms with Crippen LogP contribution in [0.2, 0.25) is 0 Å². The number of benzene rings is 1. The van der Waals surface area contributed by atoms with E-state index >= 15 is 0 Å². The van der Waals surface area contributed by atoms with Crippen LogP contribution in [0.4, 0.5) is 5.82 Å². The number of imidazole rings is 1. The summed E-state index contributed by atoms with van der Waals surface area (Å²) in [4.78, 5) is 20.1. The van der Waals surface area contributed by atoms with Gasteiger partial charge in [0, 0.05) is 24.9 Å². The van der Waals surface area contributed by atoms with Gasteiger partial charge in [-0.3, -0.25) is 4.79 Å². The van der Waals surface area contributed by atoms with Gasteiger partial charge in [0.15, 0.2) is 19.3 Å². The Balaban J connectivity index is 2.24. The molecule has 0 aliphatic rings. The minimum Gasteiger partial charge on any atom is -0.309 e. The lowest BCUT2D eigenvalue weighted by Gasteiger charge is -2.08. The maximum atomic E-state index is 11.3. The van der Waals surface area contributed by atoms with E-state index in [2.05, 4.69) is 15.3 Å². The first-order valence-corrected chi connectivity index (χ1v) is 6.33. The second kappa shape index (κ2) is 4.81. The van der Waals surface area contributed by atoms with Crippen LogP contribution < -0.4 is 10.9 Å². The van der Waals surface area contributed by atoms with E-state index in [1.807, 2.05) is 48.8 Å².